The molecule has 12 heavy (non-hydrogen) atoms. The molecule has 2 heteroatoms. The largest absolute Gasteiger partial charge is 0.382 e. The van der Waals surface area contributed by atoms with Crippen LogP contribution in [0.2, 0.25) is 0 Å². The van der Waals surface area contributed by atoms with E-state index in [1.807, 2.05) is 13.8 Å². The van der Waals surface area contributed by atoms with E-state index in [0.717, 1.165) is 13.2 Å². The Kier molecular flexibility index (Phi) is 19.5. The molecule has 0 fully saturated rings. The summed E-state index contributed by atoms with van der Waals surface area (Å²) < 4.78 is 9.73. The number of ether oxygens (including phenoxy) is 2. The van der Waals surface area contributed by atoms with E-state index in [4.69, 9.17) is 9.47 Å². The smallest absolute Gasteiger partial charge is 0.0649 e. The van der Waals surface area contributed by atoms with Crippen LogP contribution in [0.25, 0.3) is 0 Å². The quantitative estimate of drug-likeness (QED) is 0.452. The van der Waals surface area contributed by atoms with Gasteiger partial charge in [0, 0.05) is 13.2 Å². The van der Waals surface area contributed by atoms with Gasteiger partial charge < -0.3 is 9.47 Å². The highest BCUT2D eigenvalue weighted by Crippen LogP contribution is 1.72. The summed E-state index contributed by atoms with van der Waals surface area (Å²) in [6.45, 7) is 13.8. The van der Waals surface area contributed by atoms with Crippen LogP contribution in [0.3, 0.4) is 0 Å². The van der Waals surface area contributed by atoms with Crippen LogP contribution in [0.5, 0.6) is 0 Å². The Morgan fingerprint density at radius 1 is 0.917 bits per heavy atom. The van der Waals surface area contributed by atoms with Crippen LogP contribution in [0.1, 0.15) is 13.8 Å². The van der Waals surface area contributed by atoms with E-state index in [1.165, 1.54) is 0 Å². The molecular formula is C10H20O2. The molecule has 0 aliphatic rings. The highest BCUT2D eigenvalue weighted by Gasteiger charge is 1.70. The van der Waals surface area contributed by atoms with Gasteiger partial charge in [-0.15, -0.1) is 13.2 Å². The van der Waals surface area contributed by atoms with E-state index in [2.05, 4.69) is 13.2 Å². The maximum absolute atomic E-state index is 4.90. The molecule has 0 heterocycles. The van der Waals surface area contributed by atoms with E-state index in [9.17, 15) is 0 Å². The van der Waals surface area contributed by atoms with Crippen molar-refractivity contribution in [3.05, 3.63) is 25.3 Å². The Labute approximate surface area is 75.9 Å². The van der Waals surface area contributed by atoms with E-state index in [0.29, 0.717) is 13.2 Å². The van der Waals surface area contributed by atoms with Crippen LogP contribution >= 0.6 is 0 Å². The van der Waals surface area contributed by atoms with Gasteiger partial charge in [0.15, 0.2) is 0 Å². The van der Waals surface area contributed by atoms with Crippen molar-refractivity contribution in [2.75, 3.05) is 26.4 Å². The Balaban J connectivity index is 0. The zero-order valence-corrected chi connectivity index (χ0v) is 8.21. The predicted molar refractivity (Wildman–Crippen MR) is 53.4 cm³/mol. The number of hydrogen-bond donors (Lipinski definition) is 0. The molecule has 2 nitrogen and oxygen atoms in total. The lowest BCUT2D eigenvalue weighted by atomic mass is 10.6. The Bertz CT molecular complexity index is 79.8. The van der Waals surface area contributed by atoms with Crippen LogP contribution < -0.4 is 0 Å². The summed E-state index contributed by atoms with van der Waals surface area (Å²) in [5, 5.41) is 0. The topological polar surface area (TPSA) is 18.5 Å². The Hall–Kier alpha value is -0.600. The average Bonchev–Trinajstić information content (AvgIpc) is 2.08. The standard InChI is InChI=1S/C6H10O.C4H10O/c1-3-5-7-6-4-2;1-3-5-4-2/h3-4H,1-2,5-6H2;3-4H2,1-2H3. The van der Waals surface area contributed by atoms with Crippen molar-refractivity contribution in [3.63, 3.8) is 0 Å². The fourth-order valence-corrected chi connectivity index (χ4v) is 0.439. The fraction of sp³-hybridized carbons (Fsp3) is 0.600. The molecule has 0 aromatic heterocycles. The summed E-state index contributed by atoms with van der Waals surface area (Å²) in [6.07, 6.45) is 3.42. The van der Waals surface area contributed by atoms with Crippen molar-refractivity contribution in [2.24, 2.45) is 0 Å². The third-order valence-corrected chi connectivity index (χ3v) is 0.880. The van der Waals surface area contributed by atoms with Crippen molar-refractivity contribution in [1.29, 1.82) is 0 Å². The molecule has 0 radical (unpaired) electrons. The molecule has 72 valence electrons. The summed E-state index contributed by atoms with van der Waals surface area (Å²) in [4.78, 5) is 0. The molecule has 0 amide bonds. The average molecular weight is 172 g/mol. The van der Waals surface area contributed by atoms with Gasteiger partial charge in [-0.1, -0.05) is 12.2 Å². The van der Waals surface area contributed by atoms with Gasteiger partial charge >= 0.3 is 0 Å². The maximum Gasteiger partial charge on any atom is 0.0649 e. The normalized spacial score (nSPS) is 8.17. The molecule has 0 aromatic carbocycles. The van der Waals surface area contributed by atoms with Crippen LogP contribution in [0.15, 0.2) is 25.3 Å². The summed E-state index contributed by atoms with van der Waals surface area (Å²) in [7, 11) is 0. The molecular weight excluding hydrogens is 152 g/mol. The summed E-state index contributed by atoms with van der Waals surface area (Å²) in [6, 6.07) is 0. The highest BCUT2D eigenvalue weighted by atomic mass is 16.5. The lowest BCUT2D eigenvalue weighted by Gasteiger charge is -1.89. The lowest BCUT2D eigenvalue weighted by Crippen LogP contribution is -1.87. The predicted octanol–water partition coefficient (Wildman–Crippen LogP) is 2.42. The van der Waals surface area contributed by atoms with Gasteiger partial charge in [0.1, 0.15) is 0 Å². The highest BCUT2D eigenvalue weighted by molar-refractivity contribution is 4.68. The van der Waals surface area contributed by atoms with Gasteiger partial charge in [-0.25, -0.2) is 0 Å². The van der Waals surface area contributed by atoms with E-state index >= 15 is 0 Å². The molecule has 0 saturated heterocycles. The van der Waals surface area contributed by atoms with Gasteiger partial charge in [-0.2, -0.15) is 0 Å². The zero-order chi connectivity index (χ0) is 9.66. The first kappa shape index (κ1) is 14.0. The molecule has 0 N–H and O–H groups in total. The Morgan fingerprint density at radius 2 is 1.33 bits per heavy atom. The van der Waals surface area contributed by atoms with Crippen LogP contribution in [0, 0.1) is 0 Å². The van der Waals surface area contributed by atoms with Crippen molar-refractivity contribution >= 4 is 0 Å². The molecule has 0 atom stereocenters. The lowest BCUT2D eigenvalue weighted by molar-refractivity contribution is 0.162. The van der Waals surface area contributed by atoms with Gasteiger partial charge in [0.05, 0.1) is 13.2 Å². The van der Waals surface area contributed by atoms with Gasteiger partial charge in [0.25, 0.3) is 0 Å². The summed E-state index contributed by atoms with van der Waals surface area (Å²) in [5.74, 6) is 0. The molecule has 0 rings (SSSR count). The van der Waals surface area contributed by atoms with Gasteiger partial charge in [0.2, 0.25) is 0 Å². The molecule has 0 bridgehead atoms. The molecule has 0 unspecified atom stereocenters. The van der Waals surface area contributed by atoms with Gasteiger partial charge in [-0.3, -0.25) is 0 Å². The minimum Gasteiger partial charge on any atom is -0.382 e. The summed E-state index contributed by atoms with van der Waals surface area (Å²) in [5.41, 5.74) is 0. The SMILES string of the molecule is C=CCOCC=C.CCOCC. The molecule has 0 saturated carbocycles. The van der Waals surface area contributed by atoms with E-state index in [1.54, 1.807) is 12.2 Å². The third kappa shape index (κ3) is 22.7. The first-order valence-electron chi connectivity index (χ1n) is 4.20. The van der Waals surface area contributed by atoms with Crippen molar-refractivity contribution < 1.29 is 9.47 Å². The number of rotatable bonds is 6. The van der Waals surface area contributed by atoms with Crippen molar-refractivity contribution in [3.8, 4) is 0 Å². The summed E-state index contributed by atoms with van der Waals surface area (Å²) >= 11 is 0. The van der Waals surface area contributed by atoms with Crippen molar-refractivity contribution in [1.82, 2.24) is 0 Å². The van der Waals surface area contributed by atoms with Crippen LogP contribution in [0.4, 0.5) is 0 Å². The molecule has 0 aromatic rings. The molecule has 0 spiro atoms. The van der Waals surface area contributed by atoms with Crippen molar-refractivity contribution in [2.45, 2.75) is 13.8 Å². The Morgan fingerprint density at radius 3 is 1.50 bits per heavy atom. The minimum absolute atomic E-state index is 0.617. The fourth-order valence-electron chi connectivity index (χ4n) is 0.439. The zero-order valence-electron chi connectivity index (χ0n) is 8.21. The van der Waals surface area contributed by atoms with E-state index < -0.39 is 0 Å². The second-order valence-corrected chi connectivity index (χ2v) is 1.90. The monoisotopic (exact) mass is 172 g/mol. The second kappa shape index (κ2) is 16.8. The first-order chi connectivity index (χ1) is 5.83. The van der Waals surface area contributed by atoms with Gasteiger partial charge in [-0.05, 0) is 13.8 Å². The van der Waals surface area contributed by atoms with Crippen LogP contribution in [-0.4, -0.2) is 26.4 Å². The van der Waals surface area contributed by atoms with E-state index in [-0.39, 0.29) is 0 Å². The molecule has 0 aliphatic heterocycles. The number of hydrogen-bond acceptors (Lipinski definition) is 2. The second-order valence-electron chi connectivity index (χ2n) is 1.90. The molecule has 0 aliphatic carbocycles. The minimum atomic E-state index is 0.617. The maximum atomic E-state index is 4.90. The van der Waals surface area contributed by atoms with Crippen LogP contribution in [-0.2, 0) is 9.47 Å². The third-order valence-electron chi connectivity index (χ3n) is 0.880. The first-order valence-corrected chi connectivity index (χ1v) is 4.20.